The predicted molar refractivity (Wildman–Crippen MR) is 252 cm³/mol. The molecule has 82 heavy (non-hydrogen) atoms. The van der Waals surface area contributed by atoms with Gasteiger partial charge < -0.3 is 169 Å². The van der Waals surface area contributed by atoms with E-state index in [2.05, 4.69) is 10.6 Å². The van der Waals surface area contributed by atoms with E-state index >= 15 is 0 Å². The van der Waals surface area contributed by atoms with E-state index in [1.165, 1.54) is 13.8 Å². The molecule has 7 saturated heterocycles. The third-order valence-corrected chi connectivity index (χ3v) is 15.3. The summed E-state index contributed by atoms with van der Waals surface area (Å²) in [6.45, 7) is -0.597. The van der Waals surface area contributed by atoms with E-state index in [0.717, 1.165) is 13.8 Å². The molecule has 7 rings (SSSR count). The van der Waals surface area contributed by atoms with Gasteiger partial charge in [0.25, 0.3) is 0 Å². The normalized spacial score (nSPS) is 51.3. The van der Waals surface area contributed by atoms with Crippen molar-refractivity contribution in [2.45, 2.75) is 243 Å². The fourth-order valence-electron chi connectivity index (χ4n) is 10.7. The maximum Gasteiger partial charge on any atom is 0.217 e. The van der Waals surface area contributed by atoms with Crippen molar-refractivity contribution < 1.29 is 168 Å². The van der Waals surface area contributed by atoms with Gasteiger partial charge in [0.1, 0.15) is 159 Å². The molecule has 0 saturated carbocycles. The molecule has 7 heterocycles. The molecule has 7 aliphatic heterocycles. The summed E-state index contributed by atoms with van der Waals surface area (Å²) in [5, 5.41) is 210. The lowest BCUT2D eigenvalue weighted by Crippen LogP contribution is -2.72. The number of aliphatic hydroxyl groups is 19. The molecule has 0 aromatic carbocycles. The summed E-state index contributed by atoms with van der Waals surface area (Å²) >= 11 is 0. The third kappa shape index (κ3) is 14.1. The smallest absolute Gasteiger partial charge is 0.217 e. The maximum atomic E-state index is 13.1. The molecule has 35 unspecified atom stereocenters. The van der Waals surface area contributed by atoms with E-state index in [-0.39, 0.29) is 0 Å². The first kappa shape index (κ1) is 67.2. The van der Waals surface area contributed by atoms with Crippen LogP contribution in [-0.2, 0) is 71.2 Å². The van der Waals surface area contributed by atoms with E-state index in [1.54, 1.807) is 0 Å². The highest BCUT2D eigenvalue weighted by Crippen LogP contribution is 2.39. The van der Waals surface area contributed by atoms with E-state index in [1.807, 2.05) is 0 Å². The highest BCUT2D eigenvalue weighted by Gasteiger charge is 2.60. The van der Waals surface area contributed by atoms with Crippen molar-refractivity contribution in [2.75, 3.05) is 33.0 Å². The highest BCUT2D eigenvalue weighted by molar-refractivity contribution is 5.73. The number of carbonyl (C=O) groups is 2. The van der Waals surface area contributed by atoms with Gasteiger partial charge in [0.2, 0.25) is 11.8 Å². The first-order valence-corrected chi connectivity index (χ1v) is 26.3. The SMILES string of the molecule is CC(=O)NC1C(OC2C(O)OC(CO)C(OC3OC(CO)C(OC4OC(CO)C(O)C(O)C4O)C(OC4OC(C)C(O)C(O)C4O)C3NC(C)=O)C2O)OC(CO)C(OC2OC(CO)C(O)C(O)C2O)C1OC1OC(C)C(O)C(O)C1O. The lowest BCUT2D eigenvalue weighted by atomic mass is 9.93. The number of rotatable bonds is 19. The molecule has 0 aromatic rings. The molecule has 36 heteroatoms. The average molecular weight is 1200 g/mol. The fraction of sp³-hybridized carbons (Fsp3) is 0.957. The summed E-state index contributed by atoms with van der Waals surface area (Å²) in [7, 11) is 0. The van der Waals surface area contributed by atoms with Gasteiger partial charge in [-0.2, -0.15) is 0 Å². The van der Waals surface area contributed by atoms with Crippen LogP contribution in [0.1, 0.15) is 27.7 Å². The highest BCUT2D eigenvalue weighted by atomic mass is 16.8. The van der Waals surface area contributed by atoms with Gasteiger partial charge >= 0.3 is 0 Å². The Morgan fingerprint density at radius 2 is 0.598 bits per heavy atom. The van der Waals surface area contributed by atoms with Crippen LogP contribution in [0.2, 0.25) is 0 Å². The average Bonchev–Trinajstić information content (AvgIpc) is 3.65. The fourth-order valence-corrected chi connectivity index (χ4v) is 10.7. The van der Waals surface area contributed by atoms with Gasteiger partial charge in [0.05, 0.1) is 45.2 Å². The molecule has 21 N–H and O–H groups in total. The van der Waals surface area contributed by atoms with Gasteiger partial charge in [-0.3, -0.25) is 9.59 Å². The minimum Gasteiger partial charge on any atom is -0.394 e. The Hall–Kier alpha value is -2.34. The van der Waals surface area contributed by atoms with Gasteiger partial charge in [-0.25, -0.2) is 0 Å². The van der Waals surface area contributed by atoms with Gasteiger partial charge in [-0.1, -0.05) is 0 Å². The maximum absolute atomic E-state index is 13.1. The first-order chi connectivity index (χ1) is 38.7. The molecule has 7 fully saturated rings. The number of carbonyl (C=O) groups excluding carboxylic acids is 2. The number of hydrogen-bond donors (Lipinski definition) is 21. The van der Waals surface area contributed by atoms with E-state index in [0.29, 0.717) is 0 Å². The van der Waals surface area contributed by atoms with Crippen LogP contribution in [0, 0.1) is 0 Å². The predicted octanol–water partition coefficient (Wildman–Crippen LogP) is -13.9. The molecule has 0 aliphatic carbocycles. The van der Waals surface area contributed by atoms with Crippen molar-refractivity contribution in [1.29, 1.82) is 0 Å². The number of ether oxygens (including phenoxy) is 13. The second-order valence-corrected chi connectivity index (χ2v) is 21.0. The number of nitrogens with one attached hydrogen (secondary N) is 2. The summed E-state index contributed by atoms with van der Waals surface area (Å²) in [5.41, 5.74) is 0. The van der Waals surface area contributed by atoms with Crippen LogP contribution in [0.15, 0.2) is 0 Å². The number of hydrogen-bond acceptors (Lipinski definition) is 34. The Balaban J connectivity index is 1.23. The van der Waals surface area contributed by atoms with Gasteiger partial charge in [-0.05, 0) is 13.8 Å². The summed E-state index contributed by atoms with van der Waals surface area (Å²) < 4.78 is 77.1. The van der Waals surface area contributed by atoms with Gasteiger partial charge in [-0.15, -0.1) is 0 Å². The number of aliphatic hydroxyl groups excluding tert-OH is 19. The van der Waals surface area contributed by atoms with Crippen LogP contribution in [-0.4, -0.2) is 357 Å². The Morgan fingerprint density at radius 3 is 0.939 bits per heavy atom. The Bertz CT molecular complexity index is 2030. The second kappa shape index (κ2) is 28.7. The molecular formula is C46H78N2O34. The lowest BCUT2D eigenvalue weighted by Gasteiger charge is -2.52. The second-order valence-electron chi connectivity index (χ2n) is 21.0. The van der Waals surface area contributed by atoms with Crippen molar-refractivity contribution in [3.63, 3.8) is 0 Å². The number of amides is 2. The van der Waals surface area contributed by atoms with Crippen LogP contribution in [0.3, 0.4) is 0 Å². The summed E-state index contributed by atoms with van der Waals surface area (Å²) in [4.78, 5) is 26.2. The Morgan fingerprint density at radius 1 is 0.317 bits per heavy atom. The molecule has 2 amide bonds. The van der Waals surface area contributed by atoms with Crippen molar-refractivity contribution in [3.8, 4) is 0 Å². The Labute approximate surface area is 465 Å². The van der Waals surface area contributed by atoms with Crippen LogP contribution < -0.4 is 10.6 Å². The molecule has 36 nitrogen and oxygen atoms in total. The zero-order valence-electron chi connectivity index (χ0n) is 44.4. The molecule has 0 spiro atoms. The topological polar surface area (TPSA) is 563 Å². The van der Waals surface area contributed by atoms with Crippen LogP contribution >= 0.6 is 0 Å². The van der Waals surface area contributed by atoms with Gasteiger partial charge in [0.15, 0.2) is 44.0 Å². The minimum atomic E-state index is -2.31. The minimum absolute atomic E-state index is 0.900. The zero-order chi connectivity index (χ0) is 60.5. The molecule has 0 radical (unpaired) electrons. The zero-order valence-corrected chi connectivity index (χ0v) is 44.4. The van der Waals surface area contributed by atoms with Crippen LogP contribution in [0.4, 0.5) is 0 Å². The standard InChI is InChI=1S/C46H78N2O34/c1-10-21(56)25(60)29(64)43(70-10)80-37-19(47-12(3)54)41(75-17(8-52)35(37)78-45-31(66)27(62)23(58)14(5-49)73-45)77-34-16(7-51)72-40(69)39(33(34)68)82-42-20(48-13(4)55)38(81-44-30(65)26(61)22(57)11(2)71-44)36(18(9-53)76-42)79-46-32(67)28(63)24(59)15(6-50)74-46/h10-11,14-46,49-53,56-69H,5-9H2,1-4H3,(H,47,54)(H,48,55). The molecule has 0 aromatic heterocycles. The summed E-state index contributed by atoms with van der Waals surface area (Å²) in [5.74, 6) is -1.81. The van der Waals surface area contributed by atoms with Crippen molar-refractivity contribution in [3.05, 3.63) is 0 Å². The molecule has 476 valence electrons. The monoisotopic (exact) mass is 1200 g/mol. The first-order valence-electron chi connectivity index (χ1n) is 26.3. The summed E-state index contributed by atoms with van der Waals surface area (Å²) in [6, 6.07) is -3.72. The molecule has 0 bridgehead atoms. The van der Waals surface area contributed by atoms with Crippen molar-refractivity contribution in [2.24, 2.45) is 0 Å². The van der Waals surface area contributed by atoms with E-state index in [4.69, 9.17) is 61.6 Å². The van der Waals surface area contributed by atoms with Gasteiger partial charge in [0, 0.05) is 13.8 Å². The van der Waals surface area contributed by atoms with E-state index < -0.39 is 260 Å². The van der Waals surface area contributed by atoms with Crippen molar-refractivity contribution in [1.82, 2.24) is 10.6 Å². The summed E-state index contributed by atoms with van der Waals surface area (Å²) in [6.07, 6.45) is -63.0. The van der Waals surface area contributed by atoms with E-state index in [9.17, 15) is 107 Å². The lowest BCUT2D eigenvalue weighted by molar-refractivity contribution is -0.398. The Kier molecular flexibility index (Phi) is 23.5. The molecule has 7 aliphatic rings. The largest absolute Gasteiger partial charge is 0.394 e. The molecular weight excluding hydrogens is 1120 g/mol. The van der Waals surface area contributed by atoms with Crippen molar-refractivity contribution >= 4 is 11.8 Å². The van der Waals surface area contributed by atoms with Crippen LogP contribution in [0.5, 0.6) is 0 Å². The molecule has 35 atom stereocenters. The quantitative estimate of drug-likeness (QED) is 0.0571. The third-order valence-electron chi connectivity index (χ3n) is 15.3. The van der Waals surface area contributed by atoms with Crippen LogP contribution in [0.25, 0.3) is 0 Å².